The van der Waals surface area contributed by atoms with Crippen molar-refractivity contribution in [2.75, 3.05) is 12.3 Å². The summed E-state index contributed by atoms with van der Waals surface area (Å²) in [6.45, 7) is -0.746. The molecule has 0 fully saturated rings. The molecule has 0 saturated heterocycles. The largest absolute Gasteiger partial charge is 0.488 e. The second-order valence-corrected chi connectivity index (χ2v) is 4.44. The number of aromatic nitrogens is 1. The number of nitrogens with zero attached hydrogens (tertiary/aromatic N) is 2. The van der Waals surface area contributed by atoms with E-state index >= 15 is 0 Å². The second-order valence-electron chi connectivity index (χ2n) is 4.44. The van der Waals surface area contributed by atoms with E-state index in [2.05, 4.69) is 4.98 Å². The highest BCUT2D eigenvalue weighted by Gasteiger charge is 2.18. The number of nitrogen functional groups attached to an aromatic ring is 1. The number of hydrogen-bond donors (Lipinski definition) is 2. The van der Waals surface area contributed by atoms with Gasteiger partial charge in [0.25, 0.3) is 12.0 Å². The highest BCUT2D eigenvalue weighted by atomic mass is 19.3. The summed E-state index contributed by atoms with van der Waals surface area (Å²) in [5.41, 5.74) is 5.08. The Morgan fingerprint density at radius 2 is 1.78 bits per heavy atom. The summed E-state index contributed by atoms with van der Waals surface area (Å²) in [6, 6.07) is 9.29. The SMILES string of the molecule is N#Cc1c(N)[nH]c(=O)c(C#N)c1-c1ccc(OCC(F)F)cc1. The quantitative estimate of drug-likeness (QED) is 0.895. The first kappa shape index (κ1) is 16.0. The van der Waals surface area contributed by atoms with Crippen molar-refractivity contribution in [1.29, 1.82) is 10.5 Å². The first-order valence-electron chi connectivity index (χ1n) is 6.35. The molecule has 2 aromatic rings. The fourth-order valence-electron chi connectivity index (χ4n) is 2.01. The predicted molar refractivity (Wildman–Crippen MR) is 77.8 cm³/mol. The molecule has 8 heteroatoms. The van der Waals surface area contributed by atoms with Crippen LogP contribution < -0.4 is 16.0 Å². The molecule has 0 amide bonds. The standard InChI is InChI=1S/C15H10F2N4O2/c16-12(17)7-23-9-3-1-8(2-4-9)13-10(5-18)14(20)21-15(22)11(13)6-19/h1-4,12H,7H2,(H3,20,21,22). The van der Waals surface area contributed by atoms with Crippen molar-refractivity contribution >= 4 is 5.82 Å². The molecule has 0 radical (unpaired) electrons. The summed E-state index contributed by atoms with van der Waals surface area (Å²) >= 11 is 0. The summed E-state index contributed by atoms with van der Waals surface area (Å²) in [4.78, 5) is 14.0. The van der Waals surface area contributed by atoms with Gasteiger partial charge in [-0.3, -0.25) is 4.79 Å². The third-order valence-corrected chi connectivity index (χ3v) is 2.99. The number of halogens is 2. The van der Waals surface area contributed by atoms with Gasteiger partial charge in [0.1, 0.15) is 41.4 Å². The van der Waals surface area contributed by atoms with E-state index in [4.69, 9.17) is 15.7 Å². The van der Waals surface area contributed by atoms with Crippen molar-refractivity contribution in [1.82, 2.24) is 4.98 Å². The van der Waals surface area contributed by atoms with E-state index in [1.165, 1.54) is 24.3 Å². The minimum atomic E-state index is -2.60. The van der Waals surface area contributed by atoms with Gasteiger partial charge in [-0.2, -0.15) is 10.5 Å². The molecule has 0 unspecified atom stereocenters. The predicted octanol–water partition coefficient (Wildman–Crippen LogP) is 2.01. The summed E-state index contributed by atoms with van der Waals surface area (Å²) in [6.07, 6.45) is -2.60. The van der Waals surface area contributed by atoms with Crippen LogP contribution in [-0.2, 0) is 0 Å². The van der Waals surface area contributed by atoms with Crippen LogP contribution in [0, 0.1) is 22.7 Å². The Morgan fingerprint density at radius 1 is 1.17 bits per heavy atom. The highest BCUT2D eigenvalue weighted by Crippen LogP contribution is 2.29. The Hall–Kier alpha value is -3.39. The number of aromatic amines is 1. The number of alkyl halides is 2. The van der Waals surface area contributed by atoms with Crippen molar-refractivity contribution < 1.29 is 13.5 Å². The van der Waals surface area contributed by atoms with Gasteiger partial charge >= 0.3 is 0 Å². The van der Waals surface area contributed by atoms with Crippen LogP contribution in [0.5, 0.6) is 5.75 Å². The molecule has 1 aromatic heterocycles. The number of H-pyrrole nitrogens is 1. The van der Waals surface area contributed by atoms with E-state index in [1.807, 2.05) is 6.07 Å². The molecule has 0 spiro atoms. The minimum absolute atomic E-state index is 0.0394. The van der Waals surface area contributed by atoms with E-state index in [1.54, 1.807) is 6.07 Å². The number of ether oxygens (including phenoxy) is 1. The Labute approximate surface area is 129 Å². The third-order valence-electron chi connectivity index (χ3n) is 2.99. The maximum Gasteiger partial charge on any atom is 0.272 e. The van der Waals surface area contributed by atoms with Crippen LogP contribution >= 0.6 is 0 Å². The van der Waals surface area contributed by atoms with Crippen molar-refractivity contribution in [2.45, 2.75) is 6.43 Å². The van der Waals surface area contributed by atoms with Gasteiger partial charge in [0.15, 0.2) is 0 Å². The molecule has 0 aliphatic carbocycles. The lowest BCUT2D eigenvalue weighted by Crippen LogP contribution is -2.16. The van der Waals surface area contributed by atoms with Crippen molar-refractivity contribution in [3.8, 4) is 29.0 Å². The molecule has 6 nitrogen and oxygen atoms in total. The lowest BCUT2D eigenvalue weighted by molar-refractivity contribution is 0.0819. The van der Waals surface area contributed by atoms with Gasteiger partial charge in [-0.1, -0.05) is 12.1 Å². The number of anilines is 1. The van der Waals surface area contributed by atoms with Crippen LogP contribution in [0.4, 0.5) is 14.6 Å². The van der Waals surface area contributed by atoms with E-state index in [0.29, 0.717) is 5.56 Å². The molecule has 1 heterocycles. The Bertz CT molecular complexity index is 861. The third kappa shape index (κ3) is 3.27. The molecular weight excluding hydrogens is 306 g/mol. The maximum atomic E-state index is 12.1. The van der Waals surface area contributed by atoms with E-state index < -0.39 is 18.6 Å². The van der Waals surface area contributed by atoms with Gasteiger partial charge in [-0.25, -0.2) is 8.78 Å². The minimum Gasteiger partial charge on any atom is -0.488 e. The van der Waals surface area contributed by atoms with Crippen LogP contribution in [0.15, 0.2) is 29.1 Å². The summed E-state index contributed by atoms with van der Waals surface area (Å²) in [7, 11) is 0. The summed E-state index contributed by atoms with van der Waals surface area (Å²) in [5.74, 6) is 0.0494. The Balaban J connectivity index is 2.53. The van der Waals surface area contributed by atoms with Crippen molar-refractivity contribution in [3.05, 3.63) is 45.7 Å². The van der Waals surface area contributed by atoms with Crippen molar-refractivity contribution in [2.24, 2.45) is 0 Å². The first-order chi connectivity index (χ1) is 11.0. The van der Waals surface area contributed by atoms with Gasteiger partial charge in [0.05, 0.1) is 0 Å². The van der Waals surface area contributed by atoms with Crippen LogP contribution in [0.2, 0.25) is 0 Å². The topological polar surface area (TPSA) is 116 Å². The smallest absolute Gasteiger partial charge is 0.272 e. The van der Waals surface area contributed by atoms with Crippen LogP contribution in [0.25, 0.3) is 11.1 Å². The number of hydrogen-bond acceptors (Lipinski definition) is 5. The van der Waals surface area contributed by atoms with Gasteiger partial charge in [-0.05, 0) is 17.7 Å². The van der Waals surface area contributed by atoms with Crippen LogP contribution in [0.3, 0.4) is 0 Å². The van der Waals surface area contributed by atoms with Gasteiger partial charge in [0, 0.05) is 5.56 Å². The summed E-state index contributed by atoms with van der Waals surface area (Å²) < 4.78 is 29.0. The number of nitrogens with two attached hydrogens (primary N) is 1. The highest BCUT2D eigenvalue weighted by molar-refractivity contribution is 5.80. The maximum absolute atomic E-state index is 12.1. The molecule has 3 N–H and O–H groups in total. The zero-order valence-electron chi connectivity index (χ0n) is 11.6. The van der Waals surface area contributed by atoms with Crippen molar-refractivity contribution in [3.63, 3.8) is 0 Å². The van der Waals surface area contributed by atoms with Crippen LogP contribution in [-0.4, -0.2) is 18.0 Å². The average molecular weight is 316 g/mol. The Kier molecular flexibility index (Phi) is 4.58. The zero-order valence-corrected chi connectivity index (χ0v) is 11.6. The zero-order chi connectivity index (χ0) is 17.0. The van der Waals surface area contributed by atoms with E-state index in [9.17, 15) is 18.8 Å². The number of nitriles is 2. The molecular formula is C15H10F2N4O2. The first-order valence-corrected chi connectivity index (χ1v) is 6.35. The number of rotatable bonds is 4. The number of benzene rings is 1. The van der Waals surface area contributed by atoms with E-state index in [-0.39, 0.29) is 28.3 Å². The molecule has 2 rings (SSSR count). The second kappa shape index (κ2) is 6.58. The van der Waals surface area contributed by atoms with Crippen LogP contribution in [0.1, 0.15) is 11.1 Å². The van der Waals surface area contributed by atoms with E-state index in [0.717, 1.165) is 0 Å². The Morgan fingerprint density at radius 3 is 2.30 bits per heavy atom. The molecule has 0 bridgehead atoms. The fraction of sp³-hybridized carbons (Fsp3) is 0.133. The molecule has 23 heavy (non-hydrogen) atoms. The van der Waals surface area contributed by atoms with Gasteiger partial charge < -0.3 is 15.5 Å². The molecule has 116 valence electrons. The normalized spacial score (nSPS) is 10.1. The lowest BCUT2D eigenvalue weighted by atomic mass is 9.97. The lowest BCUT2D eigenvalue weighted by Gasteiger charge is -2.10. The average Bonchev–Trinajstić information content (AvgIpc) is 2.53. The molecule has 0 saturated carbocycles. The molecule has 0 aliphatic heterocycles. The summed E-state index contributed by atoms with van der Waals surface area (Å²) in [5, 5.41) is 18.3. The fourth-order valence-corrected chi connectivity index (χ4v) is 2.01. The molecule has 1 aromatic carbocycles. The van der Waals surface area contributed by atoms with Gasteiger partial charge in [0.2, 0.25) is 0 Å². The molecule has 0 aliphatic rings. The van der Waals surface area contributed by atoms with Gasteiger partial charge in [-0.15, -0.1) is 0 Å². The molecule has 0 atom stereocenters. The number of nitrogens with one attached hydrogen (secondary N) is 1. The number of pyridine rings is 1. The monoisotopic (exact) mass is 316 g/mol.